The van der Waals surface area contributed by atoms with E-state index in [-0.39, 0.29) is 12.5 Å². The number of ether oxygens (including phenoxy) is 1. The first kappa shape index (κ1) is 13.5. The highest BCUT2D eigenvalue weighted by Gasteiger charge is 2.33. The van der Waals surface area contributed by atoms with E-state index >= 15 is 0 Å². The summed E-state index contributed by atoms with van der Waals surface area (Å²) in [6.45, 7) is 2.72. The third-order valence-electron chi connectivity index (χ3n) is 3.30. The standard InChI is InChI=1S/C14H17NO4/c1-2-10-5-3-4-6-11(10)13(16)15-7-8-19-9-12(15)14(17)18/h3-6,12H,2,7-9H2,1H3,(H,17,18)/t12-/m0/s1. The van der Waals surface area contributed by atoms with Crippen molar-refractivity contribution in [2.45, 2.75) is 19.4 Å². The van der Waals surface area contributed by atoms with Gasteiger partial charge in [0, 0.05) is 12.1 Å². The van der Waals surface area contributed by atoms with E-state index in [1.54, 1.807) is 12.1 Å². The van der Waals surface area contributed by atoms with Gasteiger partial charge in [0.2, 0.25) is 0 Å². The molecule has 0 radical (unpaired) electrons. The van der Waals surface area contributed by atoms with Crippen LogP contribution in [0.3, 0.4) is 0 Å². The average Bonchev–Trinajstić information content (AvgIpc) is 2.46. The molecule has 0 saturated carbocycles. The molecule has 0 spiro atoms. The molecule has 102 valence electrons. The molecule has 2 rings (SSSR count). The topological polar surface area (TPSA) is 66.8 Å². The number of carboxylic acids is 1. The Morgan fingerprint density at radius 2 is 2.16 bits per heavy atom. The Labute approximate surface area is 111 Å². The van der Waals surface area contributed by atoms with Gasteiger partial charge in [-0.05, 0) is 18.1 Å². The number of nitrogens with zero attached hydrogens (tertiary/aromatic N) is 1. The summed E-state index contributed by atoms with van der Waals surface area (Å²) in [5.41, 5.74) is 1.52. The van der Waals surface area contributed by atoms with Crippen molar-refractivity contribution in [3.05, 3.63) is 35.4 Å². The SMILES string of the molecule is CCc1ccccc1C(=O)N1CCOC[C@H]1C(=O)O. The van der Waals surface area contributed by atoms with E-state index in [4.69, 9.17) is 9.84 Å². The second kappa shape index (κ2) is 5.84. The van der Waals surface area contributed by atoms with Gasteiger partial charge in [0.15, 0.2) is 6.04 Å². The van der Waals surface area contributed by atoms with Crippen LogP contribution < -0.4 is 0 Å². The van der Waals surface area contributed by atoms with Gasteiger partial charge in [0.25, 0.3) is 5.91 Å². The minimum Gasteiger partial charge on any atom is -0.480 e. The van der Waals surface area contributed by atoms with Crippen molar-refractivity contribution < 1.29 is 19.4 Å². The molecule has 0 unspecified atom stereocenters. The van der Waals surface area contributed by atoms with Crippen molar-refractivity contribution in [2.75, 3.05) is 19.8 Å². The predicted molar refractivity (Wildman–Crippen MR) is 69.1 cm³/mol. The zero-order valence-corrected chi connectivity index (χ0v) is 10.8. The Hall–Kier alpha value is -1.88. The van der Waals surface area contributed by atoms with E-state index in [1.807, 2.05) is 19.1 Å². The van der Waals surface area contributed by atoms with Crippen LogP contribution in [0, 0.1) is 0 Å². The second-order valence-electron chi connectivity index (χ2n) is 4.44. The van der Waals surface area contributed by atoms with E-state index < -0.39 is 12.0 Å². The van der Waals surface area contributed by atoms with Crippen LogP contribution in [-0.2, 0) is 16.0 Å². The number of aliphatic carboxylic acids is 1. The molecule has 1 N–H and O–H groups in total. The maximum atomic E-state index is 12.5. The van der Waals surface area contributed by atoms with E-state index in [1.165, 1.54) is 4.90 Å². The summed E-state index contributed by atoms with van der Waals surface area (Å²) >= 11 is 0. The van der Waals surface area contributed by atoms with E-state index in [2.05, 4.69) is 0 Å². The van der Waals surface area contributed by atoms with Gasteiger partial charge in [0.05, 0.1) is 13.2 Å². The molecule has 1 aromatic rings. The van der Waals surface area contributed by atoms with Crippen molar-refractivity contribution in [2.24, 2.45) is 0 Å². The quantitative estimate of drug-likeness (QED) is 0.889. The van der Waals surface area contributed by atoms with Crippen LogP contribution in [0.4, 0.5) is 0 Å². The molecule has 1 fully saturated rings. The first-order chi connectivity index (χ1) is 9.15. The zero-order valence-electron chi connectivity index (χ0n) is 10.8. The van der Waals surface area contributed by atoms with Gasteiger partial charge in [-0.3, -0.25) is 4.79 Å². The Morgan fingerprint density at radius 1 is 1.42 bits per heavy atom. The van der Waals surface area contributed by atoms with Crippen molar-refractivity contribution in [1.82, 2.24) is 4.90 Å². The van der Waals surface area contributed by atoms with Gasteiger partial charge < -0.3 is 14.7 Å². The number of carbonyl (C=O) groups excluding carboxylic acids is 1. The number of morpholine rings is 1. The van der Waals surface area contributed by atoms with Gasteiger partial charge in [-0.1, -0.05) is 25.1 Å². The van der Waals surface area contributed by atoms with Crippen molar-refractivity contribution in [3.8, 4) is 0 Å². The average molecular weight is 263 g/mol. The van der Waals surface area contributed by atoms with Crippen LogP contribution in [0.25, 0.3) is 0 Å². The molecule has 5 nitrogen and oxygen atoms in total. The highest BCUT2D eigenvalue weighted by atomic mass is 16.5. The van der Waals surface area contributed by atoms with E-state index in [9.17, 15) is 9.59 Å². The minimum absolute atomic E-state index is 0.0510. The lowest BCUT2D eigenvalue weighted by Gasteiger charge is -2.33. The third-order valence-corrected chi connectivity index (χ3v) is 3.30. The highest BCUT2D eigenvalue weighted by molar-refractivity contribution is 5.98. The number of hydrogen-bond donors (Lipinski definition) is 1. The first-order valence-electron chi connectivity index (χ1n) is 6.34. The number of benzene rings is 1. The van der Waals surface area contributed by atoms with Crippen molar-refractivity contribution >= 4 is 11.9 Å². The maximum absolute atomic E-state index is 12.5. The lowest BCUT2D eigenvalue weighted by Crippen LogP contribution is -2.52. The zero-order chi connectivity index (χ0) is 13.8. The van der Waals surface area contributed by atoms with Gasteiger partial charge in [-0.25, -0.2) is 4.79 Å². The molecule has 1 saturated heterocycles. The predicted octanol–water partition coefficient (Wildman–Crippen LogP) is 1.17. The molecule has 19 heavy (non-hydrogen) atoms. The fourth-order valence-electron chi connectivity index (χ4n) is 2.24. The van der Waals surface area contributed by atoms with Gasteiger partial charge in [-0.15, -0.1) is 0 Å². The van der Waals surface area contributed by atoms with Crippen molar-refractivity contribution in [3.63, 3.8) is 0 Å². The van der Waals surface area contributed by atoms with Crippen LogP contribution in [-0.4, -0.2) is 47.7 Å². The number of amides is 1. The molecule has 0 aliphatic carbocycles. The largest absolute Gasteiger partial charge is 0.480 e. The fraction of sp³-hybridized carbons (Fsp3) is 0.429. The number of carboxylic acid groups (broad SMARTS) is 1. The van der Waals surface area contributed by atoms with Crippen LogP contribution in [0.1, 0.15) is 22.8 Å². The summed E-state index contributed by atoms with van der Waals surface area (Å²) in [5.74, 6) is -1.25. The Bertz CT molecular complexity index is 486. The smallest absolute Gasteiger partial charge is 0.328 e. The van der Waals surface area contributed by atoms with Gasteiger partial charge >= 0.3 is 5.97 Å². The van der Waals surface area contributed by atoms with Gasteiger partial charge in [0.1, 0.15) is 0 Å². The van der Waals surface area contributed by atoms with Crippen molar-refractivity contribution in [1.29, 1.82) is 0 Å². The molecule has 0 aromatic heterocycles. The summed E-state index contributed by atoms with van der Waals surface area (Å²) in [4.78, 5) is 25.1. The van der Waals surface area contributed by atoms with E-state index in [0.29, 0.717) is 18.7 Å². The van der Waals surface area contributed by atoms with Crippen LogP contribution in [0.15, 0.2) is 24.3 Å². The molecular formula is C14H17NO4. The summed E-state index contributed by atoms with van der Waals surface area (Å²) < 4.78 is 5.14. The fourth-order valence-corrected chi connectivity index (χ4v) is 2.24. The molecule has 1 aliphatic rings. The molecule has 1 atom stereocenters. The summed E-state index contributed by atoms with van der Waals surface area (Å²) in [6, 6.07) is 6.41. The van der Waals surface area contributed by atoms with Crippen LogP contribution >= 0.6 is 0 Å². The molecule has 0 bridgehead atoms. The molecular weight excluding hydrogens is 246 g/mol. The first-order valence-corrected chi connectivity index (χ1v) is 6.34. The van der Waals surface area contributed by atoms with Crippen LogP contribution in [0.5, 0.6) is 0 Å². The number of aryl methyl sites for hydroxylation is 1. The molecule has 1 aromatic carbocycles. The Balaban J connectivity index is 2.29. The summed E-state index contributed by atoms with van der Waals surface area (Å²) in [5, 5.41) is 9.16. The highest BCUT2D eigenvalue weighted by Crippen LogP contribution is 2.16. The van der Waals surface area contributed by atoms with Crippen LogP contribution in [0.2, 0.25) is 0 Å². The Kier molecular flexibility index (Phi) is 4.16. The normalized spacial score (nSPS) is 19.2. The molecule has 1 heterocycles. The molecule has 1 amide bonds. The Morgan fingerprint density at radius 3 is 2.84 bits per heavy atom. The third kappa shape index (κ3) is 2.76. The lowest BCUT2D eigenvalue weighted by atomic mass is 10.0. The van der Waals surface area contributed by atoms with E-state index in [0.717, 1.165) is 12.0 Å². The van der Waals surface area contributed by atoms with Gasteiger partial charge in [-0.2, -0.15) is 0 Å². The molecule has 1 aliphatic heterocycles. The second-order valence-corrected chi connectivity index (χ2v) is 4.44. The number of hydrogen-bond acceptors (Lipinski definition) is 3. The lowest BCUT2D eigenvalue weighted by molar-refractivity contribution is -0.147. The summed E-state index contributed by atoms with van der Waals surface area (Å²) in [7, 11) is 0. The monoisotopic (exact) mass is 263 g/mol. The minimum atomic E-state index is -1.03. The summed E-state index contributed by atoms with van der Waals surface area (Å²) in [6.07, 6.45) is 0.740. The number of rotatable bonds is 3. The molecule has 5 heteroatoms. The number of carbonyl (C=O) groups is 2. The maximum Gasteiger partial charge on any atom is 0.328 e.